The molecule has 2 rings (SSSR count). The molecule has 0 aliphatic heterocycles. The quantitative estimate of drug-likeness (QED) is 0.940. The van der Waals surface area contributed by atoms with Crippen molar-refractivity contribution in [1.29, 1.82) is 0 Å². The molecule has 0 unspecified atom stereocenters. The molecular formula is C15H17NO3S. The van der Waals surface area contributed by atoms with Crippen molar-refractivity contribution in [2.45, 2.75) is 17.9 Å². The summed E-state index contributed by atoms with van der Waals surface area (Å²) in [5, 5.41) is 0. The van der Waals surface area contributed by atoms with Crippen molar-refractivity contribution in [2.24, 2.45) is 5.73 Å². The minimum atomic E-state index is -3.18. The third-order valence-electron chi connectivity index (χ3n) is 2.89. The van der Waals surface area contributed by atoms with Gasteiger partial charge < -0.3 is 10.5 Å². The zero-order chi connectivity index (χ0) is 14.8. The Bertz CT molecular complexity index is 674. The maximum absolute atomic E-state index is 11.4. The fourth-order valence-electron chi connectivity index (χ4n) is 1.73. The summed E-state index contributed by atoms with van der Waals surface area (Å²) >= 11 is 0. The van der Waals surface area contributed by atoms with E-state index in [-0.39, 0.29) is 10.9 Å². The molecule has 5 heteroatoms. The average Bonchev–Trinajstić information content (AvgIpc) is 2.39. The predicted octanol–water partition coefficient (Wildman–Crippen LogP) is 2.90. The molecule has 0 saturated carbocycles. The lowest BCUT2D eigenvalue weighted by Gasteiger charge is -2.09. The molecule has 0 radical (unpaired) electrons. The Kier molecular flexibility index (Phi) is 4.11. The Hall–Kier alpha value is -1.85. The molecule has 0 aromatic heterocycles. The highest BCUT2D eigenvalue weighted by Gasteiger charge is 2.07. The zero-order valence-electron chi connectivity index (χ0n) is 11.4. The summed E-state index contributed by atoms with van der Waals surface area (Å²) in [6.45, 7) is 1.92. The van der Waals surface area contributed by atoms with E-state index < -0.39 is 9.84 Å². The fourth-order valence-corrected chi connectivity index (χ4v) is 2.36. The number of nitrogens with two attached hydrogens (primary N) is 1. The molecule has 4 nitrogen and oxygen atoms in total. The van der Waals surface area contributed by atoms with E-state index in [0.717, 1.165) is 5.56 Å². The van der Waals surface area contributed by atoms with Gasteiger partial charge in [0, 0.05) is 12.3 Å². The molecule has 0 amide bonds. The lowest BCUT2D eigenvalue weighted by atomic mass is 10.1. The molecule has 0 bridgehead atoms. The van der Waals surface area contributed by atoms with Crippen LogP contribution in [0.1, 0.15) is 18.5 Å². The summed E-state index contributed by atoms with van der Waals surface area (Å²) in [4.78, 5) is 0.275. The maximum atomic E-state index is 11.4. The second kappa shape index (κ2) is 5.64. The Morgan fingerprint density at radius 2 is 1.40 bits per heavy atom. The predicted molar refractivity (Wildman–Crippen MR) is 78.7 cm³/mol. The monoisotopic (exact) mass is 291 g/mol. The third kappa shape index (κ3) is 3.59. The van der Waals surface area contributed by atoms with Gasteiger partial charge in [0.15, 0.2) is 9.84 Å². The van der Waals surface area contributed by atoms with Crippen LogP contribution in [0.3, 0.4) is 0 Å². The van der Waals surface area contributed by atoms with Crippen LogP contribution in [0.4, 0.5) is 0 Å². The van der Waals surface area contributed by atoms with Gasteiger partial charge in [-0.1, -0.05) is 12.1 Å². The molecule has 0 fully saturated rings. The highest BCUT2D eigenvalue weighted by Crippen LogP contribution is 2.24. The number of hydrogen-bond acceptors (Lipinski definition) is 4. The fraction of sp³-hybridized carbons (Fsp3) is 0.200. The standard InChI is InChI=1S/C15H17NO3S/c1-11(16)12-3-5-13(6-4-12)19-14-7-9-15(10-8-14)20(2,17)18/h3-11H,16H2,1-2H3/t11-/m0/s1. The van der Waals surface area contributed by atoms with E-state index in [1.54, 1.807) is 12.1 Å². The van der Waals surface area contributed by atoms with Crippen molar-refractivity contribution in [3.63, 3.8) is 0 Å². The van der Waals surface area contributed by atoms with Crippen LogP contribution >= 0.6 is 0 Å². The van der Waals surface area contributed by atoms with Crippen molar-refractivity contribution in [3.8, 4) is 11.5 Å². The molecular weight excluding hydrogens is 274 g/mol. The van der Waals surface area contributed by atoms with Crippen LogP contribution in [-0.2, 0) is 9.84 Å². The average molecular weight is 291 g/mol. The lowest BCUT2D eigenvalue weighted by molar-refractivity contribution is 0.482. The smallest absolute Gasteiger partial charge is 0.175 e. The molecule has 0 aliphatic carbocycles. The molecule has 2 N–H and O–H groups in total. The van der Waals surface area contributed by atoms with Crippen molar-refractivity contribution in [3.05, 3.63) is 54.1 Å². The SMILES string of the molecule is C[C@H](N)c1ccc(Oc2ccc(S(C)(=O)=O)cc2)cc1. The first-order valence-electron chi connectivity index (χ1n) is 6.20. The van der Waals surface area contributed by atoms with Crippen LogP contribution in [0.25, 0.3) is 0 Å². The van der Waals surface area contributed by atoms with E-state index in [9.17, 15) is 8.42 Å². The van der Waals surface area contributed by atoms with Gasteiger partial charge in [-0.05, 0) is 48.9 Å². The van der Waals surface area contributed by atoms with Gasteiger partial charge in [0.1, 0.15) is 11.5 Å². The van der Waals surface area contributed by atoms with Crippen LogP contribution in [0, 0.1) is 0 Å². The summed E-state index contributed by atoms with van der Waals surface area (Å²) in [6, 6.07) is 13.8. The van der Waals surface area contributed by atoms with Gasteiger partial charge in [-0.15, -0.1) is 0 Å². The van der Waals surface area contributed by atoms with Crippen LogP contribution in [0.15, 0.2) is 53.4 Å². The van der Waals surface area contributed by atoms with Crippen LogP contribution in [0.2, 0.25) is 0 Å². The highest BCUT2D eigenvalue weighted by molar-refractivity contribution is 7.90. The normalized spacial score (nSPS) is 12.9. The van der Waals surface area contributed by atoms with Crippen molar-refractivity contribution < 1.29 is 13.2 Å². The van der Waals surface area contributed by atoms with Gasteiger partial charge in [-0.2, -0.15) is 0 Å². The molecule has 20 heavy (non-hydrogen) atoms. The molecule has 0 heterocycles. The number of benzene rings is 2. The second-order valence-electron chi connectivity index (χ2n) is 4.70. The minimum absolute atomic E-state index is 0.0157. The summed E-state index contributed by atoms with van der Waals surface area (Å²) in [6.07, 6.45) is 1.18. The Morgan fingerprint density at radius 3 is 1.80 bits per heavy atom. The molecule has 2 aromatic rings. The van der Waals surface area contributed by atoms with Crippen molar-refractivity contribution in [1.82, 2.24) is 0 Å². The molecule has 0 saturated heterocycles. The number of rotatable bonds is 4. The third-order valence-corrected chi connectivity index (χ3v) is 4.02. The Balaban J connectivity index is 2.14. The lowest BCUT2D eigenvalue weighted by Crippen LogP contribution is -2.04. The second-order valence-corrected chi connectivity index (χ2v) is 6.72. The largest absolute Gasteiger partial charge is 0.457 e. The Labute approximate surface area is 119 Å². The summed E-state index contributed by atoms with van der Waals surface area (Å²) in [5.74, 6) is 1.27. The van der Waals surface area contributed by atoms with Crippen LogP contribution < -0.4 is 10.5 Å². The minimum Gasteiger partial charge on any atom is -0.457 e. The number of sulfone groups is 1. The van der Waals surface area contributed by atoms with E-state index >= 15 is 0 Å². The van der Waals surface area contributed by atoms with Gasteiger partial charge in [0.2, 0.25) is 0 Å². The highest BCUT2D eigenvalue weighted by atomic mass is 32.2. The van der Waals surface area contributed by atoms with Gasteiger partial charge in [0.25, 0.3) is 0 Å². The van der Waals surface area contributed by atoms with Gasteiger partial charge in [-0.3, -0.25) is 0 Å². The van der Waals surface area contributed by atoms with Crippen LogP contribution in [-0.4, -0.2) is 14.7 Å². The Morgan fingerprint density at radius 1 is 0.950 bits per heavy atom. The molecule has 0 spiro atoms. The molecule has 106 valence electrons. The molecule has 0 aliphatic rings. The van der Waals surface area contributed by atoms with Gasteiger partial charge in [-0.25, -0.2) is 8.42 Å². The van der Waals surface area contributed by atoms with Crippen molar-refractivity contribution >= 4 is 9.84 Å². The number of ether oxygens (including phenoxy) is 1. The maximum Gasteiger partial charge on any atom is 0.175 e. The molecule has 2 aromatic carbocycles. The van der Waals surface area contributed by atoms with Gasteiger partial charge >= 0.3 is 0 Å². The van der Waals surface area contributed by atoms with E-state index in [1.807, 2.05) is 31.2 Å². The van der Waals surface area contributed by atoms with E-state index in [4.69, 9.17) is 10.5 Å². The number of hydrogen-bond donors (Lipinski definition) is 1. The molecule has 1 atom stereocenters. The first-order valence-corrected chi connectivity index (χ1v) is 8.09. The summed E-state index contributed by atoms with van der Waals surface area (Å²) in [7, 11) is -3.18. The summed E-state index contributed by atoms with van der Waals surface area (Å²) < 4.78 is 28.3. The van der Waals surface area contributed by atoms with Crippen molar-refractivity contribution in [2.75, 3.05) is 6.26 Å². The van der Waals surface area contributed by atoms with Gasteiger partial charge in [0.05, 0.1) is 4.90 Å². The van der Waals surface area contributed by atoms with E-state index in [1.165, 1.54) is 18.4 Å². The first-order chi connectivity index (χ1) is 9.36. The van der Waals surface area contributed by atoms with E-state index in [2.05, 4.69) is 0 Å². The summed E-state index contributed by atoms with van der Waals surface area (Å²) in [5.41, 5.74) is 6.81. The van der Waals surface area contributed by atoms with Crippen LogP contribution in [0.5, 0.6) is 11.5 Å². The first kappa shape index (κ1) is 14.6. The van der Waals surface area contributed by atoms with E-state index in [0.29, 0.717) is 11.5 Å². The topological polar surface area (TPSA) is 69.4 Å². The zero-order valence-corrected chi connectivity index (χ0v) is 12.2.